The fourth-order valence-corrected chi connectivity index (χ4v) is 1.00. The molecular weight excluding hydrogens is 215 g/mol. The van der Waals surface area contributed by atoms with Crippen molar-refractivity contribution >= 4 is 11.6 Å². The lowest BCUT2D eigenvalue weighted by Crippen LogP contribution is -2.05. The average molecular weight is 217 g/mol. The van der Waals surface area contributed by atoms with Crippen molar-refractivity contribution in [3.63, 3.8) is 0 Å². The van der Waals surface area contributed by atoms with Crippen LogP contribution < -0.4 is 0 Å². The molecular formula is C7H2ClF5. The SMILES string of the molecule is Fc1c(F)c(F)c(CCl)c(F)c1F. The van der Waals surface area contributed by atoms with Gasteiger partial charge in [0.05, 0.1) is 5.88 Å². The van der Waals surface area contributed by atoms with Crippen LogP contribution in [0, 0.1) is 29.1 Å². The number of benzene rings is 1. The standard InChI is InChI=1S/C7H2ClF5/c8-1-2-3(9)5(11)7(13)6(12)4(2)10/h1H2. The molecule has 0 aliphatic heterocycles. The molecule has 0 bridgehead atoms. The first-order valence-electron chi connectivity index (χ1n) is 3.07. The van der Waals surface area contributed by atoms with Crippen LogP contribution in [0.4, 0.5) is 22.0 Å². The Balaban J connectivity index is 3.56. The van der Waals surface area contributed by atoms with Gasteiger partial charge in [0.25, 0.3) is 0 Å². The van der Waals surface area contributed by atoms with Crippen LogP contribution in [0.1, 0.15) is 5.56 Å². The van der Waals surface area contributed by atoms with Gasteiger partial charge >= 0.3 is 0 Å². The summed E-state index contributed by atoms with van der Waals surface area (Å²) in [5.41, 5.74) is -1.02. The molecule has 6 heteroatoms. The summed E-state index contributed by atoms with van der Waals surface area (Å²) in [6.45, 7) is 0. The van der Waals surface area contributed by atoms with Gasteiger partial charge in [0.2, 0.25) is 5.82 Å². The van der Waals surface area contributed by atoms with Gasteiger partial charge in [-0.3, -0.25) is 0 Å². The monoisotopic (exact) mass is 216 g/mol. The van der Waals surface area contributed by atoms with Crippen molar-refractivity contribution in [3.05, 3.63) is 34.6 Å². The molecule has 13 heavy (non-hydrogen) atoms. The minimum absolute atomic E-state index is 0.772. The van der Waals surface area contributed by atoms with Gasteiger partial charge in [0.1, 0.15) is 0 Å². The smallest absolute Gasteiger partial charge is 0.200 e. The van der Waals surface area contributed by atoms with Gasteiger partial charge in [-0.05, 0) is 0 Å². The zero-order valence-corrected chi connectivity index (χ0v) is 6.73. The van der Waals surface area contributed by atoms with Crippen LogP contribution in [0.2, 0.25) is 0 Å². The zero-order chi connectivity index (χ0) is 10.2. The van der Waals surface area contributed by atoms with Crippen LogP contribution in [0.25, 0.3) is 0 Å². The van der Waals surface area contributed by atoms with E-state index in [2.05, 4.69) is 0 Å². The maximum Gasteiger partial charge on any atom is 0.200 e. The van der Waals surface area contributed by atoms with E-state index in [0.29, 0.717) is 0 Å². The van der Waals surface area contributed by atoms with Gasteiger partial charge in [-0.1, -0.05) is 0 Å². The number of alkyl halides is 1. The van der Waals surface area contributed by atoms with E-state index < -0.39 is 40.5 Å². The molecule has 72 valence electrons. The Hall–Kier alpha value is -0.840. The molecule has 0 fully saturated rings. The van der Waals surface area contributed by atoms with Crippen LogP contribution in [0.5, 0.6) is 0 Å². The van der Waals surface area contributed by atoms with E-state index in [1.165, 1.54) is 0 Å². The average Bonchev–Trinajstić information content (AvgIpc) is 2.13. The summed E-state index contributed by atoms with van der Waals surface area (Å²) in [6.07, 6.45) is 0. The highest BCUT2D eigenvalue weighted by Crippen LogP contribution is 2.23. The van der Waals surface area contributed by atoms with E-state index >= 15 is 0 Å². The molecule has 1 aromatic carbocycles. The number of hydrogen-bond donors (Lipinski definition) is 0. The summed E-state index contributed by atoms with van der Waals surface area (Å²) < 4.78 is 62.3. The Bertz CT molecular complexity index is 320. The van der Waals surface area contributed by atoms with E-state index in [9.17, 15) is 22.0 Å². The van der Waals surface area contributed by atoms with E-state index in [1.54, 1.807) is 0 Å². The molecule has 0 saturated carbocycles. The second-order valence-corrected chi connectivity index (χ2v) is 2.45. The molecule has 0 amide bonds. The molecule has 0 heterocycles. The van der Waals surface area contributed by atoms with E-state index in [0.717, 1.165) is 0 Å². The lowest BCUT2D eigenvalue weighted by Gasteiger charge is -2.04. The summed E-state index contributed by atoms with van der Waals surface area (Å²) in [4.78, 5) is 0. The Morgan fingerprint density at radius 3 is 1.31 bits per heavy atom. The maximum atomic E-state index is 12.6. The number of rotatable bonds is 1. The Labute approximate surface area is 74.9 Å². The predicted molar refractivity (Wildman–Crippen MR) is 35.8 cm³/mol. The van der Waals surface area contributed by atoms with Crippen molar-refractivity contribution in [1.82, 2.24) is 0 Å². The largest absolute Gasteiger partial charge is 0.203 e. The summed E-state index contributed by atoms with van der Waals surface area (Å²) in [5, 5.41) is 0. The number of hydrogen-bond acceptors (Lipinski definition) is 0. The lowest BCUT2D eigenvalue weighted by atomic mass is 10.2. The van der Waals surface area contributed by atoms with Crippen LogP contribution in [-0.2, 0) is 5.88 Å². The van der Waals surface area contributed by atoms with Gasteiger partial charge in [-0.15, -0.1) is 11.6 Å². The van der Waals surface area contributed by atoms with E-state index in [4.69, 9.17) is 11.6 Å². The molecule has 1 aromatic rings. The van der Waals surface area contributed by atoms with Crippen LogP contribution in [0.3, 0.4) is 0 Å². The van der Waals surface area contributed by atoms with E-state index in [1.807, 2.05) is 0 Å². The summed E-state index contributed by atoms with van der Waals surface area (Å²) in [6, 6.07) is 0. The Morgan fingerprint density at radius 2 is 1.00 bits per heavy atom. The highest BCUT2D eigenvalue weighted by molar-refractivity contribution is 6.17. The Morgan fingerprint density at radius 1 is 0.692 bits per heavy atom. The lowest BCUT2D eigenvalue weighted by molar-refractivity contribution is 0.372. The summed E-state index contributed by atoms with van der Waals surface area (Å²) in [5.74, 6) is -10.7. The second kappa shape index (κ2) is 3.49. The molecule has 0 nitrogen and oxygen atoms in total. The molecule has 0 N–H and O–H groups in total. The van der Waals surface area contributed by atoms with Crippen LogP contribution in [-0.4, -0.2) is 0 Å². The highest BCUT2D eigenvalue weighted by Gasteiger charge is 2.24. The molecule has 1 rings (SSSR count). The van der Waals surface area contributed by atoms with Gasteiger partial charge in [0, 0.05) is 5.56 Å². The first-order valence-corrected chi connectivity index (χ1v) is 3.60. The molecule has 0 aliphatic rings. The highest BCUT2D eigenvalue weighted by atomic mass is 35.5. The molecule has 0 radical (unpaired) electrons. The topological polar surface area (TPSA) is 0 Å². The number of halogens is 6. The third kappa shape index (κ3) is 1.48. The fraction of sp³-hybridized carbons (Fsp3) is 0.143. The predicted octanol–water partition coefficient (Wildman–Crippen LogP) is 3.12. The van der Waals surface area contributed by atoms with Crippen molar-refractivity contribution in [2.75, 3.05) is 0 Å². The quantitative estimate of drug-likeness (QED) is 0.293. The first-order chi connectivity index (χ1) is 6.00. The molecule has 0 spiro atoms. The molecule has 0 atom stereocenters. The Kier molecular flexibility index (Phi) is 2.75. The molecule has 0 saturated heterocycles. The van der Waals surface area contributed by atoms with Gasteiger partial charge in [-0.2, -0.15) is 0 Å². The zero-order valence-electron chi connectivity index (χ0n) is 5.97. The third-order valence-corrected chi connectivity index (χ3v) is 1.70. The minimum Gasteiger partial charge on any atom is -0.203 e. The van der Waals surface area contributed by atoms with Gasteiger partial charge in [-0.25, -0.2) is 22.0 Å². The fourth-order valence-electron chi connectivity index (χ4n) is 0.768. The van der Waals surface area contributed by atoms with E-state index in [-0.39, 0.29) is 0 Å². The third-order valence-electron chi connectivity index (χ3n) is 1.43. The maximum absolute atomic E-state index is 12.6. The minimum atomic E-state index is -2.18. The molecule has 0 unspecified atom stereocenters. The van der Waals surface area contributed by atoms with Crippen molar-refractivity contribution < 1.29 is 22.0 Å². The summed E-state index contributed by atoms with van der Waals surface area (Å²) in [7, 11) is 0. The molecule has 0 aromatic heterocycles. The van der Waals surface area contributed by atoms with Crippen molar-refractivity contribution in [3.8, 4) is 0 Å². The van der Waals surface area contributed by atoms with Crippen LogP contribution >= 0.6 is 11.6 Å². The van der Waals surface area contributed by atoms with Crippen molar-refractivity contribution in [1.29, 1.82) is 0 Å². The van der Waals surface area contributed by atoms with Gasteiger partial charge < -0.3 is 0 Å². The van der Waals surface area contributed by atoms with Crippen molar-refractivity contribution in [2.24, 2.45) is 0 Å². The summed E-state index contributed by atoms with van der Waals surface area (Å²) >= 11 is 5.00. The van der Waals surface area contributed by atoms with Crippen molar-refractivity contribution in [2.45, 2.75) is 5.88 Å². The second-order valence-electron chi connectivity index (χ2n) is 2.18. The van der Waals surface area contributed by atoms with Crippen LogP contribution in [0.15, 0.2) is 0 Å². The van der Waals surface area contributed by atoms with Gasteiger partial charge in [0.15, 0.2) is 23.3 Å². The molecule has 0 aliphatic carbocycles. The first kappa shape index (κ1) is 10.2. The normalized spacial score (nSPS) is 10.6.